The Morgan fingerprint density at radius 3 is 2.71 bits per heavy atom. The summed E-state index contributed by atoms with van der Waals surface area (Å²) in [7, 11) is 1.55. The molecule has 0 amide bonds. The molecule has 0 bridgehead atoms. The van der Waals surface area contributed by atoms with Gasteiger partial charge in [0.2, 0.25) is 0 Å². The van der Waals surface area contributed by atoms with Gasteiger partial charge in [-0.1, -0.05) is 17.7 Å². The van der Waals surface area contributed by atoms with Gasteiger partial charge in [0.15, 0.2) is 0 Å². The fourth-order valence-electron chi connectivity index (χ4n) is 1.43. The van der Waals surface area contributed by atoms with E-state index in [-0.39, 0.29) is 11.2 Å². The minimum atomic E-state index is -0.349. The normalized spacial score (nSPS) is 12.0. The van der Waals surface area contributed by atoms with Gasteiger partial charge in [0, 0.05) is 0 Å². The second-order valence-corrected chi connectivity index (χ2v) is 4.61. The van der Waals surface area contributed by atoms with E-state index in [1.807, 2.05) is 12.3 Å². The van der Waals surface area contributed by atoms with E-state index in [2.05, 4.69) is 0 Å². The molecule has 17 heavy (non-hydrogen) atoms. The zero-order valence-corrected chi connectivity index (χ0v) is 11.6. The average molecular weight is 275 g/mol. The Hall–Kier alpha value is -0.870. The minimum absolute atomic E-state index is 0.249. The standard InChI is InChI=1S/C12H15ClO3S/c1-4-16-12(14)11(17-3)8-5-6-10(15-2)9(13)7-8/h5-7,11H,4H2,1-3H3. The van der Waals surface area contributed by atoms with Crippen molar-refractivity contribution in [1.29, 1.82) is 0 Å². The van der Waals surface area contributed by atoms with Crippen molar-refractivity contribution in [1.82, 2.24) is 0 Å². The van der Waals surface area contributed by atoms with Crippen LogP contribution in [0.15, 0.2) is 18.2 Å². The molecule has 0 radical (unpaired) electrons. The highest BCUT2D eigenvalue weighted by molar-refractivity contribution is 7.99. The van der Waals surface area contributed by atoms with Gasteiger partial charge in [-0.2, -0.15) is 0 Å². The SMILES string of the molecule is CCOC(=O)C(SC)c1ccc(OC)c(Cl)c1. The predicted molar refractivity (Wildman–Crippen MR) is 70.9 cm³/mol. The number of hydrogen-bond acceptors (Lipinski definition) is 4. The molecule has 0 saturated carbocycles. The van der Waals surface area contributed by atoms with E-state index in [4.69, 9.17) is 21.1 Å². The Balaban J connectivity index is 2.96. The third-order valence-corrected chi connectivity index (χ3v) is 3.45. The molecule has 0 fully saturated rings. The van der Waals surface area contributed by atoms with E-state index in [1.165, 1.54) is 11.8 Å². The van der Waals surface area contributed by atoms with Crippen LogP contribution in [0.2, 0.25) is 5.02 Å². The maximum atomic E-state index is 11.7. The number of carbonyl (C=O) groups excluding carboxylic acids is 1. The van der Waals surface area contributed by atoms with E-state index in [9.17, 15) is 4.79 Å². The van der Waals surface area contributed by atoms with Gasteiger partial charge in [0.25, 0.3) is 0 Å². The first-order chi connectivity index (χ1) is 8.13. The van der Waals surface area contributed by atoms with E-state index in [1.54, 1.807) is 26.2 Å². The van der Waals surface area contributed by atoms with Crippen molar-refractivity contribution in [3.8, 4) is 5.75 Å². The summed E-state index contributed by atoms with van der Waals surface area (Å²) in [6.07, 6.45) is 1.86. The molecule has 0 aliphatic carbocycles. The van der Waals surface area contributed by atoms with Crippen LogP contribution in [0.25, 0.3) is 0 Å². The van der Waals surface area contributed by atoms with Crippen LogP contribution in [0.1, 0.15) is 17.7 Å². The smallest absolute Gasteiger partial charge is 0.323 e. The average Bonchev–Trinajstić information content (AvgIpc) is 2.30. The summed E-state index contributed by atoms with van der Waals surface area (Å²) in [5, 5.41) is 0.145. The van der Waals surface area contributed by atoms with Crippen molar-refractivity contribution in [3.05, 3.63) is 28.8 Å². The van der Waals surface area contributed by atoms with Gasteiger partial charge in [0.05, 0.1) is 18.7 Å². The molecule has 0 heterocycles. The largest absolute Gasteiger partial charge is 0.495 e. The number of carbonyl (C=O) groups is 1. The number of rotatable bonds is 5. The first-order valence-electron chi connectivity index (χ1n) is 5.16. The fourth-order valence-corrected chi connectivity index (χ4v) is 2.38. The van der Waals surface area contributed by atoms with Gasteiger partial charge in [-0.05, 0) is 30.9 Å². The summed E-state index contributed by atoms with van der Waals surface area (Å²) in [6, 6.07) is 5.31. The van der Waals surface area contributed by atoms with Gasteiger partial charge in [-0.15, -0.1) is 11.8 Å². The Morgan fingerprint density at radius 1 is 1.53 bits per heavy atom. The lowest BCUT2D eigenvalue weighted by Gasteiger charge is -2.14. The van der Waals surface area contributed by atoms with Crippen molar-refractivity contribution in [3.63, 3.8) is 0 Å². The number of halogens is 1. The molecule has 1 aromatic rings. The first-order valence-corrected chi connectivity index (χ1v) is 6.83. The summed E-state index contributed by atoms with van der Waals surface area (Å²) in [5.41, 5.74) is 0.821. The molecule has 0 N–H and O–H groups in total. The maximum absolute atomic E-state index is 11.7. The van der Waals surface area contributed by atoms with E-state index in [0.29, 0.717) is 17.4 Å². The van der Waals surface area contributed by atoms with E-state index >= 15 is 0 Å². The highest BCUT2D eigenvalue weighted by atomic mass is 35.5. The van der Waals surface area contributed by atoms with Crippen LogP contribution in [0, 0.1) is 0 Å². The molecule has 1 aromatic carbocycles. The zero-order valence-electron chi connectivity index (χ0n) is 10.0. The predicted octanol–water partition coefficient (Wildman–Crippen LogP) is 3.32. The second-order valence-electron chi connectivity index (χ2n) is 3.26. The van der Waals surface area contributed by atoms with Crippen molar-refractivity contribution in [2.75, 3.05) is 20.0 Å². The topological polar surface area (TPSA) is 35.5 Å². The summed E-state index contributed by atoms with van der Waals surface area (Å²) < 4.78 is 10.1. The molecule has 0 aromatic heterocycles. The highest BCUT2D eigenvalue weighted by Crippen LogP contribution is 2.33. The Labute approximate surface area is 110 Å². The number of hydrogen-bond donors (Lipinski definition) is 0. The molecule has 1 unspecified atom stereocenters. The molecular weight excluding hydrogens is 260 g/mol. The van der Waals surface area contributed by atoms with Crippen LogP contribution in [0.4, 0.5) is 0 Å². The van der Waals surface area contributed by atoms with E-state index in [0.717, 1.165) is 5.56 Å². The van der Waals surface area contributed by atoms with E-state index < -0.39 is 0 Å². The molecule has 5 heteroatoms. The van der Waals surface area contributed by atoms with Gasteiger partial charge in [-0.25, -0.2) is 0 Å². The molecule has 0 spiro atoms. The number of esters is 1. The van der Waals surface area contributed by atoms with Crippen LogP contribution in [0.5, 0.6) is 5.75 Å². The fraction of sp³-hybridized carbons (Fsp3) is 0.417. The molecule has 0 aliphatic heterocycles. The summed E-state index contributed by atoms with van der Waals surface area (Å²) >= 11 is 7.45. The molecular formula is C12H15ClO3S. The lowest BCUT2D eigenvalue weighted by Crippen LogP contribution is -2.13. The summed E-state index contributed by atoms with van der Waals surface area (Å²) in [6.45, 7) is 2.16. The third kappa shape index (κ3) is 3.54. The Kier molecular flexibility index (Phi) is 5.65. The Morgan fingerprint density at radius 2 is 2.24 bits per heavy atom. The second kappa shape index (κ2) is 6.77. The molecule has 3 nitrogen and oxygen atoms in total. The van der Waals surface area contributed by atoms with Crippen LogP contribution >= 0.6 is 23.4 Å². The number of thioether (sulfide) groups is 1. The third-order valence-electron chi connectivity index (χ3n) is 2.21. The lowest BCUT2D eigenvalue weighted by molar-refractivity contribution is -0.142. The van der Waals surface area contributed by atoms with Crippen molar-refractivity contribution >= 4 is 29.3 Å². The van der Waals surface area contributed by atoms with Gasteiger partial charge >= 0.3 is 5.97 Å². The number of methoxy groups -OCH3 is 1. The van der Waals surface area contributed by atoms with Gasteiger partial charge < -0.3 is 9.47 Å². The monoisotopic (exact) mass is 274 g/mol. The molecule has 94 valence electrons. The molecule has 0 saturated heterocycles. The van der Waals surface area contributed by atoms with Crippen molar-refractivity contribution < 1.29 is 14.3 Å². The maximum Gasteiger partial charge on any atom is 0.323 e. The zero-order chi connectivity index (χ0) is 12.8. The quantitative estimate of drug-likeness (QED) is 0.772. The first kappa shape index (κ1) is 14.2. The minimum Gasteiger partial charge on any atom is -0.495 e. The molecule has 1 atom stereocenters. The van der Waals surface area contributed by atoms with Crippen molar-refractivity contribution in [2.45, 2.75) is 12.2 Å². The summed E-state index contributed by atoms with van der Waals surface area (Å²) in [4.78, 5) is 11.7. The van der Waals surface area contributed by atoms with Crippen LogP contribution in [0.3, 0.4) is 0 Å². The van der Waals surface area contributed by atoms with Gasteiger partial charge in [0.1, 0.15) is 11.0 Å². The van der Waals surface area contributed by atoms with Crippen LogP contribution in [-0.4, -0.2) is 25.9 Å². The number of benzene rings is 1. The van der Waals surface area contributed by atoms with Crippen LogP contribution < -0.4 is 4.74 Å². The molecule has 0 aliphatic rings. The van der Waals surface area contributed by atoms with Gasteiger partial charge in [-0.3, -0.25) is 4.79 Å². The number of ether oxygens (including phenoxy) is 2. The lowest BCUT2D eigenvalue weighted by atomic mass is 10.1. The Bertz CT molecular complexity index is 395. The van der Waals surface area contributed by atoms with Crippen molar-refractivity contribution in [2.24, 2.45) is 0 Å². The van der Waals surface area contributed by atoms with Crippen LogP contribution in [-0.2, 0) is 9.53 Å². The summed E-state index contributed by atoms with van der Waals surface area (Å²) in [5.74, 6) is 0.348. The highest BCUT2D eigenvalue weighted by Gasteiger charge is 2.21. The molecule has 1 rings (SSSR count).